The number of hydrogen-bond acceptors (Lipinski definition) is 4. The summed E-state index contributed by atoms with van der Waals surface area (Å²) in [5, 5.41) is 2.90. The minimum Gasteiger partial charge on any atom is -0.494 e. The fraction of sp³-hybridized carbons (Fsp3) is 0.435. The van der Waals surface area contributed by atoms with E-state index in [2.05, 4.69) is 19.2 Å². The molecule has 0 radical (unpaired) electrons. The van der Waals surface area contributed by atoms with Crippen molar-refractivity contribution in [1.29, 1.82) is 0 Å². The van der Waals surface area contributed by atoms with E-state index in [4.69, 9.17) is 14.2 Å². The van der Waals surface area contributed by atoms with Crippen molar-refractivity contribution >= 4 is 11.6 Å². The predicted octanol–water partition coefficient (Wildman–Crippen LogP) is 4.92. The summed E-state index contributed by atoms with van der Waals surface area (Å²) >= 11 is 0. The fourth-order valence-corrected chi connectivity index (χ4v) is 2.92. The zero-order valence-corrected chi connectivity index (χ0v) is 16.6. The Morgan fingerprint density at radius 2 is 1.75 bits per heavy atom. The van der Waals surface area contributed by atoms with Gasteiger partial charge in [0.05, 0.1) is 12.7 Å². The summed E-state index contributed by atoms with van der Waals surface area (Å²) in [6.45, 7) is 6.41. The van der Waals surface area contributed by atoms with Crippen LogP contribution in [-0.2, 0) is 4.74 Å². The normalized spacial score (nSPS) is 16.2. The molecule has 1 atom stereocenters. The van der Waals surface area contributed by atoms with Crippen molar-refractivity contribution in [3.8, 4) is 11.5 Å². The van der Waals surface area contributed by atoms with Gasteiger partial charge in [0.2, 0.25) is 0 Å². The molecule has 1 N–H and O–H groups in total. The van der Waals surface area contributed by atoms with Crippen LogP contribution in [0, 0.1) is 5.92 Å². The second kappa shape index (κ2) is 10.1. The first-order chi connectivity index (χ1) is 13.6. The summed E-state index contributed by atoms with van der Waals surface area (Å²) in [7, 11) is 0. The lowest BCUT2D eigenvalue weighted by Crippen LogP contribution is -2.16. The molecule has 0 saturated carbocycles. The van der Waals surface area contributed by atoms with Gasteiger partial charge in [-0.2, -0.15) is 0 Å². The average molecular weight is 383 g/mol. The van der Waals surface area contributed by atoms with E-state index in [-0.39, 0.29) is 12.0 Å². The Morgan fingerprint density at radius 3 is 2.39 bits per heavy atom. The second-order valence-corrected chi connectivity index (χ2v) is 7.48. The van der Waals surface area contributed by atoms with Gasteiger partial charge in [0.1, 0.15) is 18.1 Å². The quantitative estimate of drug-likeness (QED) is 0.668. The van der Waals surface area contributed by atoms with Crippen LogP contribution in [0.2, 0.25) is 0 Å². The summed E-state index contributed by atoms with van der Waals surface area (Å²) < 4.78 is 17.0. The lowest BCUT2D eigenvalue weighted by molar-refractivity contribution is 0.0679. The molecule has 1 unspecified atom stereocenters. The highest BCUT2D eigenvalue weighted by Crippen LogP contribution is 2.20. The van der Waals surface area contributed by atoms with Crippen molar-refractivity contribution < 1.29 is 19.0 Å². The van der Waals surface area contributed by atoms with E-state index in [1.54, 1.807) is 12.1 Å². The topological polar surface area (TPSA) is 56.8 Å². The largest absolute Gasteiger partial charge is 0.494 e. The molecule has 2 aromatic carbocycles. The van der Waals surface area contributed by atoms with Crippen LogP contribution in [0.15, 0.2) is 48.5 Å². The lowest BCUT2D eigenvalue weighted by Gasteiger charge is -2.12. The van der Waals surface area contributed by atoms with Crippen LogP contribution in [0.4, 0.5) is 5.69 Å². The molecule has 1 amide bonds. The monoisotopic (exact) mass is 383 g/mol. The first-order valence-corrected chi connectivity index (χ1v) is 9.99. The number of carbonyl (C=O) groups excluding carboxylic acids is 1. The molecular weight excluding hydrogens is 354 g/mol. The molecule has 1 aliphatic heterocycles. The van der Waals surface area contributed by atoms with E-state index in [0.717, 1.165) is 43.1 Å². The molecule has 0 aliphatic carbocycles. The zero-order valence-electron chi connectivity index (χ0n) is 16.6. The first kappa shape index (κ1) is 20.2. The summed E-state index contributed by atoms with van der Waals surface area (Å²) in [5.41, 5.74) is 1.32. The molecule has 1 saturated heterocycles. The van der Waals surface area contributed by atoms with Gasteiger partial charge in [0, 0.05) is 17.9 Å². The molecule has 3 rings (SSSR count). The smallest absolute Gasteiger partial charge is 0.255 e. The molecule has 5 nitrogen and oxygen atoms in total. The van der Waals surface area contributed by atoms with Crippen molar-refractivity contribution in [1.82, 2.24) is 0 Å². The van der Waals surface area contributed by atoms with Crippen LogP contribution in [-0.4, -0.2) is 31.8 Å². The van der Waals surface area contributed by atoms with Gasteiger partial charge in [-0.05, 0) is 73.7 Å². The summed E-state index contributed by atoms with van der Waals surface area (Å²) in [6.07, 6.45) is 3.35. The molecule has 0 spiro atoms. The standard InChI is InChI=1S/C23H29NO4/c1-17(2)13-15-27-20-9-5-18(6-10-20)23(25)24-19-7-11-21(12-8-19)28-16-22-4-3-14-26-22/h5-12,17,22H,3-4,13-16H2,1-2H3,(H,24,25). The number of carbonyl (C=O) groups is 1. The summed E-state index contributed by atoms with van der Waals surface area (Å²) in [5.74, 6) is 2.01. The van der Waals surface area contributed by atoms with Crippen LogP contribution in [0.25, 0.3) is 0 Å². The van der Waals surface area contributed by atoms with E-state index < -0.39 is 0 Å². The molecule has 5 heteroatoms. The predicted molar refractivity (Wildman–Crippen MR) is 110 cm³/mol. The van der Waals surface area contributed by atoms with E-state index in [1.165, 1.54) is 0 Å². The molecule has 1 heterocycles. The van der Waals surface area contributed by atoms with Crippen molar-refractivity contribution in [2.45, 2.75) is 39.2 Å². The Kier molecular flexibility index (Phi) is 7.31. The summed E-state index contributed by atoms with van der Waals surface area (Å²) in [6, 6.07) is 14.6. The number of ether oxygens (including phenoxy) is 3. The van der Waals surface area contributed by atoms with Gasteiger partial charge in [0.25, 0.3) is 5.91 Å². The van der Waals surface area contributed by atoms with Crippen LogP contribution < -0.4 is 14.8 Å². The van der Waals surface area contributed by atoms with Crippen LogP contribution in [0.3, 0.4) is 0 Å². The van der Waals surface area contributed by atoms with E-state index in [0.29, 0.717) is 24.7 Å². The highest BCUT2D eigenvalue weighted by atomic mass is 16.5. The number of nitrogens with one attached hydrogen (secondary N) is 1. The SMILES string of the molecule is CC(C)CCOc1ccc(C(=O)Nc2ccc(OCC3CCCO3)cc2)cc1. The van der Waals surface area contributed by atoms with E-state index in [9.17, 15) is 4.79 Å². The number of amides is 1. The molecule has 150 valence electrons. The Labute approximate surface area is 167 Å². The van der Waals surface area contributed by atoms with Gasteiger partial charge in [-0.25, -0.2) is 0 Å². The maximum Gasteiger partial charge on any atom is 0.255 e. The van der Waals surface area contributed by atoms with Crippen molar-refractivity contribution in [2.24, 2.45) is 5.92 Å². The van der Waals surface area contributed by atoms with Crippen molar-refractivity contribution in [2.75, 3.05) is 25.1 Å². The fourth-order valence-electron chi connectivity index (χ4n) is 2.92. The van der Waals surface area contributed by atoms with E-state index in [1.807, 2.05) is 36.4 Å². The van der Waals surface area contributed by atoms with E-state index >= 15 is 0 Å². The van der Waals surface area contributed by atoms with Gasteiger partial charge in [-0.1, -0.05) is 13.8 Å². The Balaban J connectivity index is 1.47. The Hall–Kier alpha value is -2.53. The number of rotatable bonds is 9. The van der Waals surface area contributed by atoms with Crippen LogP contribution in [0.5, 0.6) is 11.5 Å². The lowest BCUT2D eigenvalue weighted by atomic mass is 10.1. The maximum absolute atomic E-state index is 12.4. The van der Waals surface area contributed by atoms with Gasteiger partial charge >= 0.3 is 0 Å². The zero-order chi connectivity index (χ0) is 19.8. The van der Waals surface area contributed by atoms with Crippen LogP contribution >= 0.6 is 0 Å². The molecular formula is C23H29NO4. The van der Waals surface area contributed by atoms with Gasteiger partial charge in [-0.3, -0.25) is 4.79 Å². The van der Waals surface area contributed by atoms with Crippen molar-refractivity contribution in [3.05, 3.63) is 54.1 Å². The third-order valence-electron chi connectivity index (χ3n) is 4.65. The van der Waals surface area contributed by atoms with Gasteiger partial charge < -0.3 is 19.5 Å². The second-order valence-electron chi connectivity index (χ2n) is 7.48. The first-order valence-electron chi connectivity index (χ1n) is 9.99. The molecule has 0 aromatic heterocycles. The van der Waals surface area contributed by atoms with Crippen LogP contribution in [0.1, 0.15) is 43.5 Å². The number of benzene rings is 2. The van der Waals surface area contributed by atoms with Crippen molar-refractivity contribution in [3.63, 3.8) is 0 Å². The molecule has 0 bridgehead atoms. The molecule has 1 fully saturated rings. The number of hydrogen-bond donors (Lipinski definition) is 1. The third kappa shape index (κ3) is 6.27. The third-order valence-corrected chi connectivity index (χ3v) is 4.65. The average Bonchev–Trinajstić information content (AvgIpc) is 3.21. The Bertz CT molecular complexity index is 734. The molecule has 1 aliphatic rings. The minimum atomic E-state index is -0.151. The highest BCUT2D eigenvalue weighted by Gasteiger charge is 2.16. The summed E-state index contributed by atoms with van der Waals surface area (Å²) in [4.78, 5) is 12.4. The Morgan fingerprint density at radius 1 is 1.07 bits per heavy atom. The van der Waals surface area contributed by atoms with Gasteiger partial charge in [-0.15, -0.1) is 0 Å². The minimum absolute atomic E-state index is 0.151. The number of anilines is 1. The van der Waals surface area contributed by atoms with Gasteiger partial charge in [0.15, 0.2) is 0 Å². The highest BCUT2D eigenvalue weighted by molar-refractivity contribution is 6.04. The maximum atomic E-state index is 12.4. The molecule has 2 aromatic rings. The molecule has 28 heavy (non-hydrogen) atoms.